The number of alkyl halides is 2. The van der Waals surface area contributed by atoms with Crippen LogP contribution in [0.2, 0.25) is 0 Å². The van der Waals surface area contributed by atoms with Gasteiger partial charge in [-0.1, -0.05) is 0 Å². The van der Waals surface area contributed by atoms with Crippen LogP contribution < -0.4 is 5.32 Å². The molecule has 15 heavy (non-hydrogen) atoms. The highest BCUT2D eigenvalue weighted by Crippen LogP contribution is 2.13. The second-order valence-electron chi connectivity index (χ2n) is 2.72. The predicted molar refractivity (Wildman–Crippen MR) is 50.8 cm³/mol. The maximum atomic E-state index is 11.9. The van der Waals surface area contributed by atoms with Gasteiger partial charge < -0.3 is 14.8 Å². The van der Waals surface area contributed by atoms with Crippen molar-refractivity contribution in [2.75, 3.05) is 6.54 Å². The molecule has 0 aliphatic rings. The van der Waals surface area contributed by atoms with Crippen molar-refractivity contribution < 1.29 is 23.1 Å². The van der Waals surface area contributed by atoms with E-state index in [0.717, 1.165) is 0 Å². The molecule has 1 atom stereocenters. The Kier molecular flexibility index (Phi) is 4.22. The molecular weight excluding hydrogens is 276 g/mol. The van der Waals surface area contributed by atoms with Crippen LogP contribution in [0.1, 0.15) is 10.6 Å². The Morgan fingerprint density at radius 1 is 1.60 bits per heavy atom. The summed E-state index contributed by atoms with van der Waals surface area (Å²) in [6.45, 7) is -0.519. The average molecular weight is 284 g/mol. The van der Waals surface area contributed by atoms with Gasteiger partial charge in [-0.3, -0.25) is 4.79 Å². The van der Waals surface area contributed by atoms with Gasteiger partial charge in [0.05, 0.1) is 0 Å². The molecule has 4 nitrogen and oxygen atoms in total. The molecule has 0 fully saturated rings. The van der Waals surface area contributed by atoms with E-state index in [1.807, 2.05) is 0 Å². The summed E-state index contributed by atoms with van der Waals surface area (Å²) < 4.78 is 28.9. The number of hydrogen-bond donors (Lipinski definition) is 2. The summed E-state index contributed by atoms with van der Waals surface area (Å²) >= 11 is 2.99. The van der Waals surface area contributed by atoms with Crippen molar-refractivity contribution >= 4 is 21.8 Å². The SMILES string of the molecule is O=C(NCC(O)C(F)F)c1ccc(Br)o1. The number of aliphatic hydroxyl groups is 1. The molecule has 0 aliphatic heterocycles. The topological polar surface area (TPSA) is 62.5 Å². The summed E-state index contributed by atoms with van der Waals surface area (Å²) in [6, 6.07) is 2.88. The van der Waals surface area contributed by atoms with Crippen LogP contribution in [0.25, 0.3) is 0 Å². The lowest BCUT2D eigenvalue weighted by atomic mass is 10.3. The average Bonchev–Trinajstić information content (AvgIpc) is 2.60. The van der Waals surface area contributed by atoms with Gasteiger partial charge in [-0.2, -0.15) is 0 Å². The molecule has 1 amide bonds. The number of carbonyl (C=O) groups excluding carboxylic acids is 1. The first-order valence-corrected chi connectivity index (χ1v) is 4.79. The van der Waals surface area contributed by atoms with Crippen molar-refractivity contribution in [3.05, 3.63) is 22.6 Å². The van der Waals surface area contributed by atoms with E-state index in [4.69, 9.17) is 9.52 Å². The van der Waals surface area contributed by atoms with Crippen LogP contribution in [0.15, 0.2) is 21.2 Å². The van der Waals surface area contributed by atoms with Gasteiger partial charge in [0.2, 0.25) is 0 Å². The third kappa shape index (κ3) is 3.60. The third-order valence-electron chi connectivity index (χ3n) is 1.56. The summed E-state index contributed by atoms with van der Waals surface area (Å²) in [5.74, 6) is -0.663. The van der Waals surface area contributed by atoms with Crippen molar-refractivity contribution in [2.24, 2.45) is 0 Å². The summed E-state index contributed by atoms with van der Waals surface area (Å²) in [5.41, 5.74) is 0. The van der Waals surface area contributed by atoms with E-state index in [-0.39, 0.29) is 5.76 Å². The van der Waals surface area contributed by atoms with Gasteiger partial charge >= 0.3 is 0 Å². The Morgan fingerprint density at radius 2 is 2.27 bits per heavy atom. The standard InChI is InChI=1S/C8H8BrF2NO3/c9-6-2-1-5(15-6)8(14)12-3-4(13)7(10)11/h1-2,4,7,13H,3H2,(H,12,14). The molecule has 7 heteroatoms. The van der Waals surface area contributed by atoms with Gasteiger partial charge in [0.15, 0.2) is 10.4 Å². The van der Waals surface area contributed by atoms with Gasteiger partial charge in [-0.05, 0) is 28.1 Å². The lowest BCUT2D eigenvalue weighted by molar-refractivity contribution is -0.00283. The normalized spacial score (nSPS) is 12.9. The summed E-state index contributed by atoms with van der Waals surface area (Å²) in [7, 11) is 0. The van der Waals surface area contributed by atoms with Crippen LogP contribution in [0, 0.1) is 0 Å². The minimum absolute atomic E-state index is 0.0108. The van der Waals surface area contributed by atoms with E-state index < -0.39 is 25.0 Å². The highest BCUT2D eigenvalue weighted by molar-refractivity contribution is 9.10. The first-order chi connectivity index (χ1) is 7.00. The van der Waals surface area contributed by atoms with Crippen molar-refractivity contribution in [1.29, 1.82) is 0 Å². The van der Waals surface area contributed by atoms with Gasteiger partial charge in [0, 0.05) is 6.54 Å². The fourth-order valence-electron chi connectivity index (χ4n) is 0.810. The van der Waals surface area contributed by atoms with Crippen LogP contribution in [0.4, 0.5) is 8.78 Å². The number of carbonyl (C=O) groups is 1. The second kappa shape index (κ2) is 5.22. The van der Waals surface area contributed by atoms with Gasteiger partial charge in [0.25, 0.3) is 12.3 Å². The zero-order valence-electron chi connectivity index (χ0n) is 7.41. The maximum Gasteiger partial charge on any atom is 0.287 e. The summed E-state index contributed by atoms with van der Waals surface area (Å²) in [6.07, 6.45) is -4.75. The highest BCUT2D eigenvalue weighted by Gasteiger charge is 2.18. The first kappa shape index (κ1) is 12.1. The fourth-order valence-corrected chi connectivity index (χ4v) is 1.12. The van der Waals surface area contributed by atoms with E-state index in [9.17, 15) is 13.6 Å². The quantitative estimate of drug-likeness (QED) is 0.878. The zero-order valence-corrected chi connectivity index (χ0v) is 9.00. The van der Waals surface area contributed by atoms with Crippen molar-refractivity contribution in [2.45, 2.75) is 12.5 Å². The number of aliphatic hydroxyl groups excluding tert-OH is 1. The minimum atomic E-state index is -2.88. The summed E-state index contributed by atoms with van der Waals surface area (Å²) in [5, 5.41) is 10.8. The predicted octanol–water partition coefficient (Wildman–Crippen LogP) is 1.40. The van der Waals surface area contributed by atoms with Gasteiger partial charge in [0.1, 0.15) is 6.10 Å². The van der Waals surface area contributed by atoms with Crippen molar-refractivity contribution in [3.63, 3.8) is 0 Å². The number of rotatable bonds is 4. The lowest BCUT2D eigenvalue weighted by Crippen LogP contribution is -2.35. The molecule has 1 aromatic heterocycles. The molecule has 0 radical (unpaired) electrons. The second-order valence-corrected chi connectivity index (χ2v) is 3.50. The van der Waals surface area contributed by atoms with Crippen LogP contribution in [-0.2, 0) is 0 Å². The Morgan fingerprint density at radius 3 is 2.73 bits per heavy atom. The Bertz CT molecular complexity index is 342. The molecule has 2 N–H and O–H groups in total. The Hall–Kier alpha value is -0.950. The van der Waals surface area contributed by atoms with E-state index in [1.54, 1.807) is 0 Å². The van der Waals surface area contributed by atoms with E-state index in [2.05, 4.69) is 21.2 Å². The number of hydrogen-bond acceptors (Lipinski definition) is 3. The first-order valence-electron chi connectivity index (χ1n) is 4.00. The summed E-state index contributed by atoms with van der Waals surface area (Å²) in [4.78, 5) is 11.2. The van der Waals surface area contributed by atoms with Gasteiger partial charge in [-0.25, -0.2) is 8.78 Å². The smallest absolute Gasteiger partial charge is 0.287 e. The van der Waals surface area contributed by atoms with Crippen molar-refractivity contribution in [1.82, 2.24) is 5.32 Å². The van der Waals surface area contributed by atoms with Crippen LogP contribution in [0.3, 0.4) is 0 Å². The van der Waals surface area contributed by atoms with Crippen LogP contribution in [-0.4, -0.2) is 30.1 Å². The Balaban J connectivity index is 2.43. The number of furan rings is 1. The van der Waals surface area contributed by atoms with E-state index in [1.165, 1.54) is 12.1 Å². The monoisotopic (exact) mass is 283 g/mol. The zero-order chi connectivity index (χ0) is 11.4. The molecule has 1 rings (SSSR count). The van der Waals surface area contributed by atoms with Crippen LogP contribution in [0.5, 0.6) is 0 Å². The maximum absolute atomic E-state index is 11.9. The molecule has 0 saturated carbocycles. The van der Waals surface area contributed by atoms with E-state index >= 15 is 0 Å². The molecule has 0 aromatic carbocycles. The molecular formula is C8H8BrF2NO3. The van der Waals surface area contributed by atoms with Crippen molar-refractivity contribution in [3.8, 4) is 0 Å². The number of halogens is 3. The Labute approximate surface area is 92.4 Å². The molecule has 1 heterocycles. The van der Waals surface area contributed by atoms with Gasteiger partial charge in [-0.15, -0.1) is 0 Å². The fraction of sp³-hybridized carbons (Fsp3) is 0.375. The number of amides is 1. The number of nitrogens with one attached hydrogen (secondary N) is 1. The molecule has 0 saturated heterocycles. The molecule has 84 valence electrons. The van der Waals surface area contributed by atoms with Crippen LogP contribution >= 0.6 is 15.9 Å². The molecule has 0 spiro atoms. The largest absolute Gasteiger partial charge is 0.444 e. The molecule has 0 aliphatic carbocycles. The van der Waals surface area contributed by atoms with E-state index in [0.29, 0.717) is 4.67 Å². The molecule has 1 aromatic rings. The molecule has 0 bridgehead atoms. The molecule has 1 unspecified atom stereocenters. The lowest BCUT2D eigenvalue weighted by Gasteiger charge is -2.09. The minimum Gasteiger partial charge on any atom is -0.444 e. The highest BCUT2D eigenvalue weighted by atomic mass is 79.9. The third-order valence-corrected chi connectivity index (χ3v) is 1.99.